The number of carbonyl (C=O) groups is 1. The molecule has 0 aromatic heterocycles. The summed E-state index contributed by atoms with van der Waals surface area (Å²) in [4.78, 5) is 14.6. The Kier molecular flexibility index (Phi) is 7.62. The number of benzene rings is 3. The maximum atomic E-state index is 13.4. The first-order valence-corrected chi connectivity index (χ1v) is 12.1. The minimum absolute atomic E-state index is 0.0445. The predicted octanol–water partition coefficient (Wildman–Crippen LogP) is 5.46. The summed E-state index contributed by atoms with van der Waals surface area (Å²) < 4.78 is 28.0. The average Bonchev–Trinajstić information content (AvgIpc) is 2.76. The highest BCUT2D eigenvalue weighted by Gasteiger charge is 2.29. The number of halogens is 2. The lowest BCUT2D eigenvalue weighted by Gasteiger charge is -2.26. The number of amides is 1. The number of aryl methyl sites for hydroxylation is 2. The van der Waals surface area contributed by atoms with Crippen molar-refractivity contribution in [3.8, 4) is 0 Å². The van der Waals surface area contributed by atoms with E-state index in [1.807, 2.05) is 32.0 Å². The van der Waals surface area contributed by atoms with Crippen LogP contribution < -0.4 is 4.90 Å². The van der Waals surface area contributed by atoms with E-state index >= 15 is 0 Å². The Labute approximate surface area is 199 Å². The normalized spacial score (nSPS) is 11.6. The zero-order chi connectivity index (χ0) is 23.5. The topological polar surface area (TPSA) is 57.7 Å². The van der Waals surface area contributed by atoms with E-state index in [-0.39, 0.29) is 23.9 Å². The van der Waals surface area contributed by atoms with Crippen LogP contribution in [-0.4, -0.2) is 32.2 Å². The first kappa shape index (κ1) is 24.3. The summed E-state index contributed by atoms with van der Waals surface area (Å²) in [6.45, 7) is 3.56. The van der Waals surface area contributed by atoms with Gasteiger partial charge >= 0.3 is 0 Å². The van der Waals surface area contributed by atoms with Crippen LogP contribution in [0, 0.1) is 13.8 Å². The van der Waals surface area contributed by atoms with E-state index in [4.69, 9.17) is 23.2 Å². The van der Waals surface area contributed by atoms with E-state index in [1.165, 1.54) is 29.2 Å². The maximum absolute atomic E-state index is 13.4. The second-order valence-corrected chi connectivity index (χ2v) is 10.3. The second kappa shape index (κ2) is 10.0. The Morgan fingerprint density at radius 2 is 1.56 bits per heavy atom. The van der Waals surface area contributed by atoms with Crippen molar-refractivity contribution in [2.24, 2.45) is 0 Å². The Balaban J connectivity index is 1.94. The van der Waals surface area contributed by atoms with Crippen LogP contribution in [0.3, 0.4) is 0 Å². The van der Waals surface area contributed by atoms with Gasteiger partial charge in [-0.15, -0.1) is 0 Å². The third-order valence-electron chi connectivity index (χ3n) is 5.32. The van der Waals surface area contributed by atoms with Gasteiger partial charge in [0.15, 0.2) is 0 Å². The van der Waals surface area contributed by atoms with Gasteiger partial charge < -0.3 is 4.90 Å². The van der Waals surface area contributed by atoms with Crippen molar-refractivity contribution in [1.82, 2.24) is 4.31 Å². The standard InChI is InChI=1S/C24H24Cl2N2O3S/c1-17-8-11-21(14-18(17)2)27(3)24(29)16-28(15-19-6-4-5-7-23(19)26)32(30,31)22-12-9-20(25)10-13-22/h4-14H,15-16H2,1-3H3. The van der Waals surface area contributed by atoms with Crippen molar-refractivity contribution in [3.63, 3.8) is 0 Å². The third kappa shape index (κ3) is 5.51. The number of likely N-dealkylation sites (N-methyl/N-ethyl adjacent to an activating group) is 1. The molecular formula is C24H24Cl2N2O3S. The molecule has 3 aromatic rings. The molecule has 0 radical (unpaired) electrons. The summed E-state index contributed by atoms with van der Waals surface area (Å²) in [6, 6.07) is 18.5. The van der Waals surface area contributed by atoms with Crippen LogP contribution in [0.25, 0.3) is 0 Å². The predicted molar refractivity (Wildman–Crippen MR) is 130 cm³/mol. The molecule has 0 saturated heterocycles. The molecule has 0 heterocycles. The van der Waals surface area contributed by atoms with Gasteiger partial charge in [0, 0.05) is 29.3 Å². The van der Waals surface area contributed by atoms with Crippen LogP contribution in [0.1, 0.15) is 16.7 Å². The lowest BCUT2D eigenvalue weighted by atomic mass is 10.1. The van der Waals surface area contributed by atoms with Crippen LogP contribution in [0.5, 0.6) is 0 Å². The quantitative estimate of drug-likeness (QED) is 0.441. The second-order valence-electron chi connectivity index (χ2n) is 7.54. The SMILES string of the molecule is Cc1ccc(N(C)C(=O)CN(Cc2ccccc2Cl)S(=O)(=O)c2ccc(Cl)cc2)cc1C. The fraction of sp³-hybridized carbons (Fsp3) is 0.208. The Bertz CT molecular complexity index is 1230. The molecule has 0 aliphatic heterocycles. The molecule has 5 nitrogen and oxygen atoms in total. The number of carbonyl (C=O) groups excluding carboxylic acids is 1. The van der Waals surface area contributed by atoms with Gasteiger partial charge in [0.25, 0.3) is 0 Å². The zero-order valence-corrected chi connectivity index (χ0v) is 20.4. The maximum Gasteiger partial charge on any atom is 0.243 e. The van der Waals surface area contributed by atoms with Crippen LogP contribution >= 0.6 is 23.2 Å². The van der Waals surface area contributed by atoms with E-state index in [0.717, 1.165) is 15.4 Å². The summed E-state index contributed by atoms with van der Waals surface area (Å²) in [5.41, 5.74) is 3.46. The molecule has 0 saturated carbocycles. The molecule has 0 aliphatic carbocycles. The largest absolute Gasteiger partial charge is 0.314 e. The van der Waals surface area contributed by atoms with Gasteiger partial charge in [-0.25, -0.2) is 8.42 Å². The number of sulfonamides is 1. The highest BCUT2D eigenvalue weighted by Crippen LogP contribution is 2.24. The lowest BCUT2D eigenvalue weighted by molar-refractivity contribution is -0.118. The third-order valence-corrected chi connectivity index (χ3v) is 7.75. The summed E-state index contributed by atoms with van der Waals surface area (Å²) in [6.07, 6.45) is 0. The van der Waals surface area contributed by atoms with Crippen molar-refractivity contribution in [2.75, 3.05) is 18.5 Å². The number of nitrogens with zero attached hydrogens (tertiary/aromatic N) is 2. The molecule has 0 spiro atoms. The molecule has 0 atom stereocenters. The van der Waals surface area contributed by atoms with Gasteiger partial charge in [-0.05, 0) is 73.0 Å². The fourth-order valence-corrected chi connectivity index (χ4v) is 4.82. The number of rotatable bonds is 7. The van der Waals surface area contributed by atoms with Crippen molar-refractivity contribution < 1.29 is 13.2 Å². The van der Waals surface area contributed by atoms with Crippen molar-refractivity contribution in [3.05, 3.63) is 93.5 Å². The van der Waals surface area contributed by atoms with Gasteiger partial charge in [0.2, 0.25) is 15.9 Å². The first-order chi connectivity index (χ1) is 15.1. The number of anilines is 1. The van der Waals surface area contributed by atoms with Crippen LogP contribution in [0.2, 0.25) is 10.0 Å². The molecule has 0 N–H and O–H groups in total. The Morgan fingerprint density at radius 1 is 0.906 bits per heavy atom. The van der Waals surface area contributed by atoms with Crippen LogP contribution in [0.15, 0.2) is 71.6 Å². The molecule has 0 fully saturated rings. The fourth-order valence-electron chi connectivity index (χ4n) is 3.13. The van der Waals surface area contributed by atoms with E-state index in [2.05, 4.69) is 0 Å². The Morgan fingerprint density at radius 3 is 2.19 bits per heavy atom. The zero-order valence-electron chi connectivity index (χ0n) is 18.0. The molecule has 8 heteroatoms. The van der Waals surface area contributed by atoms with Crippen LogP contribution in [-0.2, 0) is 21.4 Å². The van der Waals surface area contributed by atoms with Gasteiger partial charge in [-0.3, -0.25) is 4.79 Å². The highest BCUT2D eigenvalue weighted by molar-refractivity contribution is 7.89. The molecular weight excluding hydrogens is 467 g/mol. The van der Waals surface area contributed by atoms with Gasteiger partial charge in [0.05, 0.1) is 11.4 Å². The van der Waals surface area contributed by atoms with Crippen LogP contribution in [0.4, 0.5) is 5.69 Å². The average molecular weight is 491 g/mol. The minimum atomic E-state index is -3.99. The van der Waals surface area contributed by atoms with Crippen molar-refractivity contribution in [2.45, 2.75) is 25.3 Å². The lowest BCUT2D eigenvalue weighted by Crippen LogP contribution is -2.41. The van der Waals surface area contributed by atoms with Crippen molar-refractivity contribution in [1.29, 1.82) is 0 Å². The smallest absolute Gasteiger partial charge is 0.243 e. The first-order valence-electron chi connectivity index (χ1n) is 9.92. The monoisotopic (exact) mass is 490 g/mol. The number of hydrogen-bond acceptors (Lipinski definition) is 3. The molecule has 0 bridgehead atoms. The molecule has 1 amide bonds. The van der Waals surface area contributed by atoms with Gasteiger partial charge in [-0.2, -0.15) is 4.31 Å². The molecule has 0 unspecified atom stereocenters. The molecule has 0 aliphatic rings. The van der Waals surface area contributed by atoms with E-state index in [0.29, 0.717) is 21.3 Å². The molecule has 3 rings (SSSR count). The summed E-state index contributed by atoms with van der Waals surface area (Å²) in [7, 11) is -2.36. The van der Waals surface area contributed by atoms with E-state index in [1.54, 1.807) is 31.3 Å². The van der Waals surface area contributed by atoms with Gasteiger partial charge in [-0.1, -0.05) is 47.5 Å². The van der Waals surface area contributed by atoms with E-state index in [9.17, 15) is 13.2 Å². The summed E-state index contributed by atoms with van der Waals surface area (Å²) in [5.74, 6) is -0.363. The van der Waals surface area contributed by atoms with Gasteiger partial charge in [0.1, 0.15) is 0 Å². The summed E-state index contributed by atoms with van der Waals surface area (Å²) >= 11 is 12.2. The molecule has 32 heavy (non-hydrogen) atoms. The van der Waals surface area contributed by atoms with Crippen molar-refractivity contribution >= 4 is 44.8 Å². The minimum Gasteiger partial charge on any atom is -0.314 e. The molecule has 3 aromatic carbocycles. The Hall–Kier alpha value is -2.38. The summed E-state index contributed by atoms with van der Waals surface area (Å²) in [5, 5.41) is 0.853. The highest BCUT2D eigenvalue weighted by atomic mass is 35.5. The van der Waals surface area contributed by atoms with E-state index < -0.39 is 10.0 Å². The number of hydrogen-bond donors (Lipinski definition) is 0. The molecule has 168 valence electrons.